The Kier molecular flexibility index (Phi) is 1.97. The van der Waals surface area contributed by atoms with E-state index in [-0.39, 0.29) is 0 Å². The molecule has 0 aliphatic heterocycles. The highest BCUT2D eigenvalue weighted by molar-refractivity contribution is 9.10. The smallest absolute Gasteiger partial charge is 0.222 e. The number of nitrogens with one attached hydrogen (secondary N) is 1. The van der Waals surface area contributed by atoms with Gasteiger partial charge in [-0.3, -0.25) is 0 Å². The van der Waals surface area contributed by atoms with Crippen LogP contribution in [0.4, 0.5) is 5.95 Å². The summed E-state index contributed by atoms with van der Waals surface area (Å²) in [6.07, 6.45) is 7.64. The van der Waals surface area contributed by atoms with Crippen LogP contribution in [0.15, 0.2) is 16.9 Å². The molecule has 0 aromatic carbocycles. The van der Waals surface area contributed by atoms with Crippen molar-refractivity contribution in [3.63, 3.8) is 0 Å². The lowest BCUT2D eigenvalue weighted by molar-refractivity contribution is 0.645. The van der Waals surface area contributed by atoms with E-state index >= 15 is 0 Å². The Morgan fingerprint density at radius 1 is 1.14 bits per heavy atom. The van der Waals surface area contributed by atoms with Gasteiger partial charge in [-0.15, -0.1) is 0 Å². The quantitative estimate of drug-likeness (QED) is 0.880. The number of halogens is 1. The monoisotopic (exact) mass is 253 g/mol. The second-order valence-electron chi connectivity index (χ2n) is 4.29. The van der Waals surface area contributed by atoms with Crippen LogP contribution in [0.3, 0.4) is 0 Å². The predicted molar refractivity (Wildman–Crippen MR) is 58.0 cm³/mol. The van der Waals surface area contributed by atoms with Gasteiger partial charge in [-0.2, -0.15) is 0 Å². The molecule has 0 amide bonds. The molecule has 0 saturated heterocycles. The molecule has 2 unspecified atom stereocenters. The zero-order valence-corrected chi connectivity index (χ0v) is 9.37. The standard InChI is InChI=1S/C10H12BrN3/c11-8-4-12-10(13-5-8)14-9-2-6-1-7(6)3-9/h4-7,9H,1-3H2,(H,12,13,14). The fourth-order valence-corrected chi connectivity index (χ4v) is 2.61. The second kappa shape index (κ2) is 3.19. The molecule has 1 aromatic rings. The topological polar surface area (TPSA) is 37.8 Å². The molecule has 3 rings (SSSR count). The lowest BCUT2D eigenvalue weighted by atomic mass is 10.2. The third kappa shape index (κ3) is 1.63. The second-order valence-corrected chi connectivity index (χ2v) is 5.21. The van der Waals surface area contributed by atoms with Gasteiger partial charge in [0.05, 0.1) is 4.47 Å². The molecule has 2 aliphatic rings. The molecule has 2 atom stereocenters. The van der Waals surface area contributed by atoms with Crippen molar-refractivity contribution in [1.29, 1.82) is 0 Å². The van der Waals surface area contributed by atoms with Crippen molar-refractivity contribution in [3.05, 3.63) is 16.9 Å². The van der Waals surface area contributed by atoms with E-state index in [0.29, 0.717) is 6.04 Å². The van der Waals surface area contributed by atoms with Crippen molar-refractivity contribution in [2.75, 3.05) is 5.32 Å². The summed E-state index contributed by atoms with van der Waals surface area (Å²) in [6, 6.07) is 0.611. The lowest BCUT2D eigenvalue weighted by Crippen LogP contribution is -2.18. The van der Waals surface area contributed by atoms with Crippen molar-refractivity contribution in [1.82, 2.24) is 9.97 Å². The molecule has 2 aliphatic carbocycles. The number of rotatable bonds is 2. The van der Waals surface area contributed by atoms with E-state index in [1.54, 1.807) is 12.4 Å². The summed E-state index contributed by atoms with van der Waals surface area (Å²) in [4.78, 5) is 8.43. The fourth-order valence-electron chi connectivity index (χ4n) is 2.40. The molecule has 2 saturated carbocycles. The molecular formula is C10H12BrN3. The molecule has 2 fully saturated rings. The van der Waals surface area contributed by atoms with Gasteiger partial charge >= 0.3 is 0 Å². The van der Waals surface area contributed by atoms with Crippen LogP contribution in [0, 0.1) is 11.8 Å². The molecule has 3 nitrogen and oxygen atoms in total. The first-order valence-corrected chi connectivity index (χ1v) is 5.84. The molecule has 14 heavy (non-hydrogen) atoms. The molecule has 74 valence electrons. The Hall–Kier alpha value is -0.640. The molecule has 1 heterocycles. The number of hydrogen-bond donors (Lipinski definition) is 1. The average Bonchev–Trinajstić information content (AvgIpc) is 2.79. The van der Waals surface area contributed by atoms with Crippen LogP contribution >= 0.6 is 15.9 Å². The van der Waals surface area contributed by atoms with Gasteiger partial charge in [0.25, 0.3) is 0 Å². The predicted octanol–water partition coefficient (Wildman–Crippen LogP) is 2.45. The van der Waals surface area contributed by atoms with Gasteiger partial charge in [0, 0.05) is 18.4 Å². The third-order valence-electron chi connectivity index (χ3n) is 3.20. The lowest BCUT2D eigenvalue weighted by Gasteiger charge is -2.13. The summed E-state index contributed by atoms with van der Waals surface area (Å²) in [5.74, 6) is 2.77. The molecule has 4 heteroatoms. The van der Waals surface area contributed by atoms with Crippen LogP contribution in [-0.4, -0.2) is 16.0 Å². The normalized spacial score (nSPS) is 33.9. The van der Waals surface area contributed by atoms with Crippen LogP contribution < -0.4 is 5.32 Å². The van der Waals surface area contributed by atoms with Crippen molar-refractivity contribution in [3.8, 4) is 0 Å². The molecule has 0 bridgehead atoms. The Morgan fingerprint density at radius 3 is 2.43 bits per heavy atom. The zero-order chi connectivity index (χ0) is 9.54. The van der Waals surface area contributed by atoms with E-state index in [1.807, 2.05) is 0 Å². The summed E-state index contributed by atoms with van der Waals surface area (Å²) in [7, 11) is 0. The molecule has 1 N–H and O–H groups in total. The summed E-state index contributed by atoms with van der Waals surface area (Å²) in [5.41, 5.74) is 0. The minimum atomic E-state index is 0.611. The van der Waals surface area contributed by atoms with E-state index in [9.17, 15) is 0 Å². The number of nitrogens with zero attached hydrogens (tertiary/aromatic N) is 2. The van der Waals surface area contributed by atoms with Crippen LogP contribution in [0.2, 0.25) is 0 Å². The van der Waals surface area contributed by atoms with E-state index in [2.05, 4.69) is 31.2 Å². The minimum Gasteiger partial charge on any atom is -0.351 e. The van der Waals surface area contributed by atoms with Gasteiger partial charge in [-0.25, -0.2) is 9.97 Å². The van der Waals surface area contributed by atoms with Gasteiger partial charge in [-0.05, 0) is 47.0 Å². The van der Waals surface area contributed by atoms with Crippen LogP contribution in [-0.2, 0) is 0 Å². The first kappa shape index (κ1) is 8.65. The maximum absolute atomic E-state index is 4.21. The molecule has 1 aromatic heterocycles. The maximum Gasteiger partial charge on any atom is 0.222 e. The summed E-state index contributed by atoms with van der Waals surface area (Å²) in [6.45, 7) is 0. The minimum absolute atomic E-state index is 0.611. The highest BCUT2D eigenvalue weighted by Crippen LogP contribution is 2.52. The Balaban J connectivity index is 1.64. The van der Waals surface area contributed by atoms with Gasteiger partial charge in [-0.1, -0.05) is 0 Å². The Bertz CT molecular complexity index is 328. The first-order chi connectivity index (χ1) is 6.81. The van der Waals surface area contributed by atoms with Gasteiger partial charge in [0.2, 0.25) is 5.95 Å². The van der Waals surface area contributed by atoms with Crippen molar-refractivity contribution >= 4 is 21.9 Å². The Labute approximate surface area is 91.5 Å². The van der Waals surface area contributed by atoms with Gasteiger partial charge in [0.1, 0.15) is 0 Å². The van der Waals surface area contributed by atoms with Crippen molar-refractivity contribution in [2.24, 2.45) is 11.8 Å². The number of aromatic nitrogens is 2. The van der Waals surface area contributed by atoms with E-state index in [0.717, 1.165) is 22.3 Å². The summed E-state index contributed by atoms with van der Waals surface area (Å²) >= 11 is 3.32. The first-order valence-electron chi connectivity index (χ1n) is 5.05. The van der Waals surface area contributed by atoms with Crippen LogP contribution in [0.25, 0.3) is 0 Å². The van der Waals surface area contributed by atoms with Crippen LogP contribution in [0.1, 0.15) is 19.3 Å². The summed E-state index contributed by atoms with van der Waals surface area (Å²) < 4.78 is 0.928. The van der Waals surface area contributed by atoms with E-state index in [4.69, 9.17) is 0 Å². The molecular weight excluding hydrogens is 242 g/mol. The Morgan fingerprint density at radius 2 is 1.79 bits per heavy atom. The average molecular weight is 254 g/mol. The number of anilines is 1. The van der Waals surface area contributed by atoms with Crippen LogP contribution in [0.5, 0.6) is 0 Å². The van der Waals surface area contributed by atoms with Crippen molar-refractivity contribution in [2.45, 2.75) is 25.3 Å². The van der Waals surface area contributed by atoms with E-state index in [1.165, 1.54) is 19.3 Å². The highest BCUT2D eigenvalue weighted by atomic mass is 79.9. The van der Waals surface area contributed by atoms with Crippen molar-refractivity contribution < 1.29 is 0 Å². The maximum atomic E-state index is 4.21. The highest BCUT2D eigenvalue weighted by Gasteiger charge is 2.45. The number of hydrogen-bond acceptors (Lipinski definition) is 3. The number of fused-ring (bicyclic) bond motifs is 1. The summed E-state index contributed by atoms with van der Waals surface area (Å²) in [5, 5.41) is 3.39. The third-order valence-corrected chi connectivity index (χ3v) is 3.61. The molecule has 0 radical (unpaired) electrons. The van der Waals surface area contributed by atoms with Gasteiger partial charge < -0.3 is 5.32 Å². The fraction of sp³-hybridized carbons (Fsp3) is 0.600. The zero-order valence-electron chi connectivity index (χ0n) is 7.78. The largest absolute Gasteiger partial charge is 0.351 e. The van der Waals surface area contributed by atoms with E-state index < -0.39 is 0 Å². The molecule has 0 spiro atoms. The van der Waals surface area contributed by atoms with Gasteiger partial charge in [0.15, 0.2) is 0 Å². The SMILES string of the molecule is Brc1cnc(NC2CC3CC3C2)nc1.